The minimum atomic E-state index is -0.776. The molecule has 4 heteroatoms. The molecule has 1 saturated carbocycles. The van der Waals surface area contributed by atoms with Crippen LogP contribution < -0.4 is 5.90 Å². The van der Waals surface area contributed by atoms with E-state index >= 15 is 0 Å². The van der Waals surface area contributed by atoms with Gasteiger partial charge in [-0.25, -0.2) is 5.90 Å². The minimum Gasteiger partial charge on any atom is -0.481 e. The van der Waals surface area contributed by atoms with E-state index < -0.39 is 11.9 Å². The lowest BCUT2D eigenvalue weighted by Crippen LogP contribution is -2.29. The van der Waals surface area contributed by atoms with Crippen LogP contribution in [0.2, 0.25) is 0 Å². The summed E-state index contributed by atoms with van der Waals surface area (Å²) in [6, 6.07) is 0. The zero-order valence-electron chi connectivity index (χ0n) is 8.45. The molecule has 0 aliphatic heterocycles. The Morgan fingerprint density at radius 3 is 2.36 bits per heavy atom. The number of nitrogens with two attached hydrogens (primary N) is 1. The smallest absolute Gasteiger partial charge is 0.309 e. The van der Waals surface area contributed by atoms with E-state index in [-0.39, 0.29) is 12.5 Å². The molecule has 4 nitrogen and oxygen atoms in total. The Balaban J connectivity index is 2.51. The second-order valence-electron chi connectivity index (χ2n) is 4.03. The van der Waals surface area contributed by atoms with Crippen LogP contribution in [-0.2, 0) is 9.63 Å². The van der Waals surface area contributed by atoms with Gasteiger partial charge in [-0.1, -0.05) is 25.7 Å². The zero-order chi connectivity index (χ0) is 10.4. The third kappa shape index (κ3) is 3.27. The highest BCUT2D eigenvalue weighted by atomic mass is 16.6. The monoisotopic (exact) mass is 201 g/mol. The van der Waals surface area contributed by atoms with Crippen molar-refractivity contribution in [3.8, 4) is 0 Å². The fourth-order valence-corrected chi connectivity index (χ4v) is 2.23. The van der Waals surface area contributed by atoms with Crippen molar-refractivity contribution in [1.29, 1.82) is 0 Å². The first-order valence-corrected chi connectivity index (χ1v) is 5.30. The molecular formula is C10H19NO3. The first kappa shape index (κ1) is 11.5. The van der Waals surface area contributed by atoms with Gasteiger partial charge < -0.3 is 9.94 Å². The number of carboxylic acids is 1. The zero-order valence-corrected chi connectivity index (χ0v) is 8.45. The number of carboxylic acid groups (broad SMARTS) is 1. The number of carbonyl (C=O) groups is 1. The van der Waals surface area contributed by atoms with Crippen LogP contribution in [0.4, 0.5) is 0 Å². The lowest BCUT2D eigenvalue weighted by Gasteiger charge is -2.21. The number of rotatable bonds is 4. The van der Waals surface area contributed by atoms with Crippen molar-refractivity contribution in [2.75, 3.05) is 6.61 Å². The van der Waals surface area contributed by atoms with Crippen molar-refractivity contribution in [2.24, 2.45) is 17.7 Å². The Labute approximate surface area is 84.4 Å². The fraction of sp³-hybridized carbons (Fsp3) is 0.900. The van der Waals surface area contributed by atoms with Crippen molar-refractivity contribution < 1.29 is 14.7 Å². The van der Waals surface area contributed by atoms with E-state index in [1.165, 1.54) is 12.8 Å². The fourth-order valence-electron chi connectivity index (χ4n) is 2.23. The maximum absolute atomic E-state index is 11.0. The van der Waals surface area contributed by atoms with Crippen LogP contribution in [0.1, 0.15) is 38.5 Å². The van der Waals surface area contributed by atoms with Gasteiger partial charge in [0.1, 0.15) is 0 Å². The molecule has 3 N–H and O–H groups in total. The van der Waals surface area contributed by atoms with Crippen molar-refractivity contribution in [2.45, 2.75) is 38.5 Å². The summed E-state index contributed by atoms with van der Waals surface area (Å²) >= 11 is 0. The summed E-state index contributed by atoms with van der Waals surface area (Å²) in [5.41, 5.74) is 0. The van der Waals surface area contributed by atoms with Crippen LogP contribution in [0.25, 0.3) is 0 Å². The van der Waals surface area contributed by atoms with Gasteiger partial charge in [0.2, 0.25) is 0 Å². The molecule has 0 spiro atoms. The summed E-state index contributed by atoms with van der Waals surface area (Å²) in [5.74, 6) is 4.00. The average molecular weight is 201 g/mol. The standard InChI is InChI=1S/C10H19NO3/c11-14-7-9(10(12)13)8-5-3-1-2-4-6-8/h8-9H,1-7,11H2,(H,12,13). The molecule has 0 aromatic heterocycles. The summed E-state index contributed by atoms with van der Waals surface area (Å²) < 4.78 is 0. The van der Waals surface area contributed by atoms with Crippen molar-refractivity contribution in [3.63, 3.8) is 0 Å². The van der Waals surface area contributed by atoms with Crippen LogP contribution in [-0.4, -0.2) is 17.7 Å². The largest absolute Gasteiger partial charge is 0.481 e. The van der Waals surface area contributed by atoms with Gasteiger partial charge in [-0.3, -0.25) is 4.79 Å². The maximum Gasteiger partial charge on any atom is 0.309 e. The topological polar surface area (TPSA) is 72.5 Å². The highest BCUT2D eigenvalue weighted by Gasteiger charge is 2.28. The molecule has 1 aliphatic carbocycles. The van der Waals surface area contributed by atoms with Crippen molar-refractivity contribution in [3.05, 3.63) is 0 Å². The van der Waals surface area contributed by atoms with Crippen molar-refractivity contribution >= 4 is 5.97 Å². The molecule has 0 bridgehead atoms. The first-order valence-electron chi connectivity index (χ1n) is 5.30. The molecule has 1 unspecified atom stereocenters. The van der Waals surface area contributed by atoms with Gasteiger partial charge in [-0.2, -0.15) is 0 Å². The second-order valence-corrected chi connectivity index (χ2v) is 4.03. The van der Waals surface area contributed by atoms with E-state index in [1.54, 1.807) is 0 Å². The average Bonchev–Trinajstić information content (AvgIpc) is 2.41. The van der Waals surface area contributed by atoms with Crippen LogP contribution >= 0.6 is 0 Å². The molecule has 1 aliphatic rings. The molecule has 0 heterocycles. The maximum atomic E-state index is 11.0. The molecule has 0 saturated heterocycles. The van der Waals surface area contributed by atoms with E-state index in [9.17, 15) is 4.79 Å². The predicted octanol–water partition coefficient (Wildman–Crippen LogP) is 1.55. The quantitative estimate of drug-likeness (QED) is 0.534. The second kappa shape index (κ2) is 5.98. The van der Waals surface area contributed by atoms with Crippen molar-refractivity contribution in [1.82, 2.24) is 0 Å². The number of hydrogen-bond acceptors (Lipinski definition) is 3. The summed E-state index contributed by atoms with van der Waals surface area (Å²) in [6.07, 6.45) is 6.73. The molecule has 1 rings (SSSR count). The Bertz CT molecular complexity index is 176. The van der Waals surface area contributed by atoms with Gasteiger partial charge in [-0.05, 0) is 18.8 Å². The van der Waals surface area contributed by atoms with Crippen LogP contribution in [0.15, 0.2) is 0 Å². The minimum absolute atomic E-state index is 0.139. The predicted molar refractivity (Wildman–Crippen MR) is 52.5 cm³/mol. The van der Waals surface area contributed by atoms with E-state index in [1.807, 2.05) is 0 Å². The lowest BCUT2D eigenvalue weighted by atomic mass is 9.87. The first-order chi connectivity index (χ1) is 6.75. The van der Waals surface area contributed by atoms with Crippen LogP contribution in [0, 0.1) is 11.8 Å². The van der Waals surface area contributed by atoms with Gasteiger partial charge in [0.25, 0.3) is 0 Å². The summed E-state index contributed by atoms with van der Waals surface area (Å²) in [4.78, 5) is 15.4. The number of hydrogen-bond donors (Lipinski definition) is 2. The molecule has 0 radical (unpaired) electrons. The van der Waals surface area contributed by atoms with Gasteiger partial charge in [-0.15, -0.1) is 0 Å². The molecule has 1 atom stereocenters. The molecule has 0 aromatic carbocycles. The SMILES string of the molecule is NOCC(C(=O)O)C1CCCCCC1. The van der Waals surface area contributed by atoms with Gasteiger partial charge in [0, 0.05) is 0 Å². The normalized spacial score (nSPS) is 21.5. The Hall–Kier alpha value is -0.610. The summed E-state index contributed by atoms with van der Waals surface area (Å²) in [6.45, 7) is 0.139. The van der Waals surface area contributed by atoms with E-state index in [4.69, 9.17) is 11.0 Å². The molecule has 0 amide bonds. The van der Waals surface area contributed by atoms with Gasteiger partial charge in [0.05, 0.1) is 12.5 Å². The molecule has 82 valence electrons. The van der Waals surface area contributed by atoms with E-state index in [0.717, 1.165) is 25.7 Å². The van der Waals surface area contributed by atoms with Gasteiger partial charge in [0.15, 0.2) is 0 Å². The van der Waals surface area contributed by atoms with E-state index in [0.29, 0.717) is 0 Å². The molecule has 0 aromatic rings. The van der Waals surface area contributed by atoms with Crippen LogP contribution in [0.5, 0.6) is 0 Å². The number of aliphatic carboxylic acids is 1. The molecule has 14 heavy (non-hydrogen) atoms. The molecular weight excluding hydrogens is 182 g/mol. The van der Waals surface area contributed by atoms with E-state index in [2.05, 4.69) is 4.84 Å². The van der Waals surface area contributed by atoms with Crippen LogP contribution in [0.3, 0.4) is 0 Å². The summed E-state index contributed by atoms with van der Waals surface area (Å²) in [7, 11) is 0. The lowest BCUT2D eigenvalue weighted by molar-refractivity contribution is -0.146. The Morgan fingerprint density at radius 1 is 1.36 bits per heavy atom. The third-order valence-electron chi connectivity index (χ3n) is 3.06. The Morgan fingerprint density at radius 2 is 1.93 bits per heavy atom. The highest BCUT2D eigenvalue weighted by molar-refractivity contribution is 5.70. The Kier molecular flexibility index (Phi) is 4.90. The highest BCUT2D eigenvalue weighted by Crippen LogP contribution is 2.29. The van der Waals surface area contributed by atoms with Gasteiger partial charge >= 0.3 is 5.97 Å². The molecule has 1 fully saturated rings. The summed E-state index contributed by atoms with van der Waals surface area (Å²) in [5, 5.41) is 9.01. The third-order valence-corrected chi connectivity index (χ3v) is 3.06.